The predicted octanol–water partition coefficient (Wildman–Crippen LogP) is 2.76. The number of alkyl halides is 1. The van der Waals surface area contributed by atoms with Crippen LogP contribution >= 0.6 is 15.9 Å². The van der Waals surface area contributed by atoms with Gasteiger partial charge in [-0.3, -0.25) is 0 Å². The van der Waals surface area contributed by atoms with E-state index in [2.05, 4.69) is 26.2 Å². The van der Waals surface area contributed by atoms with E-state index in [1.807, 2.05) is 0 Å². The Hall–Kier alpha value is -1.44. The smallest absolute Gasteiger partial charge is 0.187 e. The molecule has 0 unspecified atom stereocenters. The lowest BCUT2D eigenvalue weighted by Crippen LogP contribution is -2.07. The number of aryl methyl sites for hydroxylation is 1. The van der Waals surface area contributed by atoms with Crippen LogP contribution in [-0.2, 0) is 6.42 Å². The maximum atomic E-state index is 13.4. The molecule has 1 heterocycles. The highest BCUT2D eigenvalue weighted by molar-refractivity contribution is 9.09. The molecule has 0 bridgehead atoms. The van der Waals surface area contributed by atoms with Crippen LogP contribution in [0.2, 0.25) is 0 Å². The van der Waals surface area contributed by atoms with Crippen LogP contribution in [-0.4, -0.2) is 20.3 Å². The van der Waals surface area contributed by atoms with Gasteiger partial charge in [-0.25, -0.2) is 22.2 Å². The van der Waals surface area contributed by atoms with Crippen LogP contribution in [0.1, 0.15) is 5.69 Å². The predicted molar refractivity (Wildman–Crippen MR) is 58.7 cm³/mol. The molecule has 0 fully saturated rings. The van der Waals surface area contributed by atoms with E-state index in [0.717, 1.165) is 0 Å². The van der Waals surface area contributed by atoms with Gasteiger partial charge >= 0.3 is 0 Å². The van der Waals surface area contributed by atoms with Crippen molar-refractivity contribution in [1.82, 2.24) is 15.0 Å². The first kappa shape index (κ1) is 13.0. The van der Waals surface area contributed by atoms with Crippen LogP contribution < -0.4 is 0 Å². The lowest BCUT2D eigenvalue weighted by Gasteiger charge is -2.05. The molecule has 0 aliphatic carbocycles. The van der Waals surface area contributed by atoms with Gasteiger partial charge in [0.05, 0.1) is 11.9 Å². The SMILES string of the molecule is Fc1cc(F)c(F)c(-n2cc(CCBr)nn2)c1F. The normalized spacial score (nSPS) is 10.9. The van der Waals surface area contributed by atoms with E-state index >= 15 is 0 Å². The summed E-state index contributed by atoms with van der Waals surface area (Å²) in [6, 6.07) is 0.143. The Morgan fingerprint density at radius 3 is 2.28 bits per heavy atom. The van der Waals surface area contributed by atoms with Crippen molar-refractivity contribution in [3.63, 3.8) is 0 Å². The fourth-order valence-electron chi connectivity index (χ4n) is 1.38. The highest BCUT2D eigenvalue weighted by Crippen LogP contribution is 2.22. The molecule has 8 heteroatoms. The van der Waals surface area contributed by atoms with Gasteiger partial charge in [-0.2, -0.15) is 0 Å². The van der Waals surface area contributed by atoms with Crippen molar-refractivity contribution in [1.29, 1.82) is 0 Å². The van der Waals surface area contributed by atoms with Gasteiger partial charge in [0.2, 0.25) is 0 Å². The molecule has 0 N–H and O–H groups in total. The molecule has 2 aromatic rings. The first-order valence-corrected chi connectivity index (χ1v) is 5.97. The third kappa shape index (κ3) is 2.24. The summed E-state index contributed by atoms with van der Waals surface area (Å²) >= 11 is 3.16. The van der Waals surface area contributed by atoms with Crippen molar-refractivity contribution in [2.45, 2.75) is 6.42 Å². The highest BCUT2D eigenvalue weighted by atomic mass is 79.9. The van der Waals surface area contributed by atoms with Crippen molar-refractivity contribution >= 4 is 15.9 Å². The van der Waals surface area contributed by atoms with Gasteiger partial charge < -0.3 is 0 Å². The summed E-state index contributed by atoms with van der Waals surface area (Å²) in [6.45, 7) is 0. The number of hydrogen-bond acceptors (Lipinski definition) is 2. The topological polar surface area (TPSA) is 30.7 Å². The van der Waals surface area contributed by atoms with Crippen molar-refractivity contribution < 1.29 is 17.6 Å². The second-order valence-electron chi connectivity index (χ2n) is 3.41. The molecule has 0 aliphatic rings. The largest absolute Gasteiger partial charge is 0.214 e. The fourth-order valence-corrected chi connectivity index (χ4v) is 1.79. The van der Waals surface area contributed by atoms with Crippen LogP contribution in [0.3, 0.4) is 0 Å². The standard InChI is InChI=1S/C10H6BrF4N3/c11-2-1-5-4-18(17-16-5)10-8(14)6(12)3-7(13)9(10)15/h3-4H,1-2H2. The molecule has 0 spiro atoms. The summed E-state index contributed by atoms with van der Waals surface area (Å²) in [5.74, 6) is -5.99. The molecule has 0 amide bonds. The molecule has 0 atom stereocenters. The third-order valence-corrected chi connectivity index (χ3v) is 2.61. The quantitative estimate of drug-likeness (QED) is 0.494. The van der Waals surface area contributed by atoms with E-state index in [9.17, 15) is 17.6 Å². The summed E-state index contributed by atoms with van der Waals surface area (Å²) in [7, 11) is 0. The Balaban J connectivity index is 2.55. The number of halogens is 5. The van der Waals surface area contributed by atoms with Gasteiger partial charge in [-0.15, -0.1) is 5.10 Å². The fraction of sp³-hybridized carbons (Fsp3) is 0.200. The number of nitrogens with zero attached hydrogens (tertiary/aromatic N) is 3. The summed E-state index contributed by atoms with van der Waals surface area (Å²) < 4.78 is 53.6. The molecular formula is C10H6BrF4N3. The van der Waals surface area contributed by atoms with Crippen LogP contribution in [0.4, 0.5) is 17.6 Å². The van der Waals surface area contributed by atoms with Crippen molar-refractivity contribution in [2.75, 3.05) is 5.33 Å². The van der Waals surface area contributed by atoms with Gasteiger partial charge in [-0.1, -0.05) is 21.1 Å². The minimum Gasteiger partial charge on any atom is -0.214 e. The molecule has 2 rings (SSSR count). The maximum absolute atomic E-state index is 13.4. The Morgan fingerprint density at radius 2 is 1.72 bits per heavy atom. The zero-order valence-corrected chi connectivity index (χ0v) is 10.4. The zero-order chi connectivity index (χ0) is 13.3. The lowest BCUT2D eigenvalue weighted by atomic mass is 10.2. The lowest BCUT2D eigenvalue weighted by molar-refractivity contribution is 0.443. The molecule has 96 valence electrons. The number of hydrogen-bond donors (Lipinski definition) is 0. The maximum Gasteiger partial charge on any atom is 0.187 e. The first-order chi connectivity index (χ1) is 8.54. The zero-order valence-electron chi connectivity index (χ0n) is 8.80. The molecule has 18 heavy (non-hydrogen) atoms. The molecule has 3 nitrogen and oxygen atoms in total. The van der Waals surface area contributed by atoms with Crippen LogP contribution in [0, 0.1) is 23.3 Å². The van der Waals surface area contributed by atoms with Crippen molar-refractivity contribution in [3.05, 3.63) is 41.2 Å². The van der Waals surface area contributed by atoms with E-state index in [1.54, 1.807) is 0 Å². The minimum absolute atomic E-state index is 0.143. The minimum atomic E-state index is -1.51. The van der Waals surface area contributed by atoms with Gasteiger partial charge in [0.25, 0.3) is 0 Å². The Morgan fingerprint density at radius 1 is 1.11 bits per heavy atom. The van der Waals surface area contributed by atoms with Gasteiger partial charge in [-0.05, 0) is 0 Å². The summed E-state index contributed by atoms with van der Waals surface area (Å²) in [5.41, 5.74) is -0.476. The van der Waals surface area contributed by atoms with E-state index in [4.69, 9.17) is 0 Å². The molecule has 0 saturated carbocycles. The Labute approximate surface area is 108 Å². The first-order valence-electron chi connectivity index (χ1n) is 4.85. The highest BCUT2D eigenvalue weighted by Gasteiger charge is 2.21. The average Bonchev–Trinajstić information content (AvgIpc) is 2.76. The Bertz CT molecular complexity index is 558. The summed E-state index contributed by atoms with van der Waals surface area (Å²) in [5, 5.41) is 7.65. The molecular weight excluding hydrogens is 318 g/mol. The van der Waals surface area contributed by atoms with Crippen LogP contribution in [0.5, 0.6) is 0 Å². The van der Waals surface area contributed by atoms with Crippen LogP contribution in [0.15, 0.2) is 12.3 Å². The molecule has 0 aliphatic heterocycles. The van der Waals surface area contributed by atoms with E-state index in [0.29, 0.717) is 22.1 Å². The molecule has 1 aromatic carbocycles. The summed E-state index contributed by atoms with van der Waals surface area (Å²) in [6.07, 6.45) is 1.68. The van der Waals surface area contributed by atoms with E-state index in [1.165, 1.54) is 6.20 Å². The van der Waals surface area contributed by atoms with E-state index < -0.39 is 29.0 Å². The Kier molecular flexibility index (Phi) is 3.65. The molecule has 1 aromatic heterocycles. The number of aromatic nitrogens is 3. The average molecular weight is 324 g/mol. The van der Waals surface area contributed by atoms with Gasteiger partial charge in [0.1, 0.15) is 5.69 Å². The number of benzene rings is 1. The second kappa shape index (κ2) is 5.05. The molecule has 0 radical (unpaired) electrons. The van der Waals surface area contributed by atoms with Crippen LogP contribution in [0.25, 0.3) is 5.69 Å². The number of rotatable bonds is 3. The van der Waals surface area contributed by atoms with Gasteiger partial charge in [0, 0.05) is 17.8 Å². The van der Waals surface area contributed by atoms with E-state index in [-0.39, 0.29) is 6.07 Å². The van der Waals surface area contributed by atoms with Crippen molar-refractivity contribution in [3.8, 4) is 5.69 Å². The third-order valence-electron chi connectivity index (χ3n) is 2.21. The van der Waals surface area contributed by atoms with Gasteiger partial charge in [0.15, 0.2) is 23.3 Å². The summed E-state index contributed by atoms with van der Waals surface area (Å²) in [4.78, 5) is 0. The second-order valence-corrected chi connectivity index (χ2v) is 4.20. The molecule has 0 saturated heterocycles. The van der Waals surface area contributed by atoms with Crippen molar-refractivity contribution in [2.24, 2.45) is 0 Å². The monoisotopic (exact) mass is 323 g/mol.